The zero-order valence-corrected chi connectivity index (χ0v) is 24.4. The average Bonchev–Trinajstić information content (AvgIpc) is 3.56. The topological polar surface area (TPSA) is 90.6 Å². The number of non-ortho nitro benzene ring substituents is 1. The third kappa shape index (κ3) is 4.50. The smallest absolute Gasteiger partial charge is 0.271 e. The summed E-state index contributed by atoms with van der Waals surface area (Å²) in [7, 11) is 0. The SMILES string of the molecule is O=c1/c(=C/c2ccc(-c3cc([N+](=O)[O-])ccc3Cl)o2)sc2n1[C@H](c1ccc(Br)cc1)C1=C(N=2)c2ccccc2CC1. The number of nitro groups is 1. The minimum Gasteiger partial charge on any atom is -0.457 e. The highest BCUT2D eigenvalue weighted by Gasteiger charge is 2.32. The van der Waals surface area contributed by atoms with E-state index in [2.05, 4.69) is 28.1 Å². The Morgan fingerprint density at radius 3 is 2.66 bits per heavy atom. The maximum Gasteiger partial charge on any atom is 0.271 e. The lowest BCUT2D eigenvalue weighted by atomic mass is 9.83. The molecular formula is C31H19BrClN3O4S. The predicted octanol–water partition coefficient (Wildman–Crippen LogP) is 6.90. The summed E-state index contributed by atoms with van der Waals surface area (Å²) in [6, 6.07) is 23.7. The number of rotatable bonds is 4. The van der Waals surface area contributed by atoms with Gasteiger partial charge in [0.05, 0.1) is 26.2 Å². The molecule has 2 aromatic heterocycles. The Kier molecular flexibility index (Phi) is 6.37. The molecule has 0 unspecified atom stereocenters. The van der Waals surface area contributed by atoms with Gasteiger partial charge in [0.1, 0.15) is 11.5 Å². The summed E-state index contributed by atoms with van der Waals surface area (Å²) < 4.78 is 9.22. The molecule has 202 valence electrons. The van der Waals surface area contributed by atoms with Crippen LogP contribution in [0.3, 0.4) is 0 Å². The van der Waals surface area contributed by atoms with Gasteiger partial charge in [-0.3, -0.25) is 19.5 Å². The van der Waals surface area contributed by atoms with E-state index in [0.717, 1.165) is 39.7 Å². The van der Waals surface area contributed by atoms with Crippen molar-refractivity contribution in [3.63, 3.8) is 0 Å². The lowest BCUT2D eigenvalue weighted by Gasteiger charge is -2.30. The first-order valence-corrected chi connectivity index (χ1v) is 14.8. The fraction of sp³-hybridized carbons (Fsp3) is 0.0968. The third-order valence-electron chi connectivity index (χ3n) is 7.39. The summed E-state index contributed by atoms with van der Waals surface area (Å²) in [5.41, 5.74) is 5.61. The number of aromatic nitrogens is 1. The first-order valence-electron chi connectivity index (χ1n) is 12.8. The lowest BCUT2D eigenvalue weighted by Crippen LogP contribution is -2.38. The van der Waals surface area contributed by atoms with Crippen molar-refractivity contribution in [3.05, 3.63) is 146 Å². The van der Waals surface area contributed by atoms with Crippen LogP contribution in [0.5, 0.6) is 0 Å². The van der Waals surface area contributed by atoms with Crippen LogP contribution >= 0.6 is 38.9 Å². The summed E-state index contributed by atoms with van der Waals surface area (Å²) in [6.07, 6.45) is 3.39. The fourth-order valence-electron chi connectivity index (χ4n) is 5.49. The first kappa shape index (κ1) is 25.9. The van der Waals surface area contributed by atoms with Crippen LogP contribution in [0, 0.1) is 10.1 Å². The minimum atomic E-state index is -0.482. The Bertz CT molecular complexity index is 2090. The molecule has 1 aliphatic carbocycles. The number of halogens is 2. The van der Waals surface area contributed by atoms with Crippen LogP contribution in [0.1, 0.15) is 34.9 Å². The van der Waals surface area contributed by atoms with Gasteiger partial charge >= 0.3 is 0 Å². The lowest BCUT2D eigenvalue weighted by molar-refractivity contribution is -0.384. The highest BCUT2D eigenvalue weighted by molar-refractivity contribution is 9.10. The second-order valence-corrected chi connectivity index (χ2v) is 12.1. The molecule has 2 aliphatic rings. The Morgan fingerprint density at radius 2 is 1.85 bits per heavy atom. The van der Waals surface area contributed by atoms with Crippen LogP contribution in [-0.4, -0.2) is 9.49 Å². The number of nitro benzene ring substituents is 1. The molecule has 0 radical (unpaired) electrons. The van der Waals surface area contributed by atoms with Crippen molar-refractivity contribution in [1.82, 2.24) is 4.57 Å². The summed E-state index contributed by atoms with van der Waals surface area (Å²) in [6.45, 7) is 0. The molecule has 0 bridgehead atoms. The van der Waals surface area contributed by atoms with Gasteiger partial charge in [0.15, 0.2) is 4.80 Å². The van der Waals surface area contributed by atoms with Gasteiger partial charge in [-0.15, -0.1) is 0 Å². The molecule has 41 heavy (non-hydrogen) atoms. The highest BCUT2D eigenvalue weighted by Crippen LogP contribution is 2.41. The van der Waals surface area contributed by atoms with Crippen LogP contribution < -0.4 is 14.9 Å². The van der Waals surface area contributed by atoms with Gasteiger partial charge < -0.3 is 4.42 Å². The van der Waals surface area contributed by atoms with E-state index in [-0.39, 0.29) is 17.3 Å². The zero-order valence-electron chi connectivity index (χ0n) is 21.2. The van der Waals surface area contributed by atoms with Crippen molar-refractivity contribution in [2.45, 2.75) is 18.9 Å². The van der Waals surface area contributed by atoms with E-state index < -0.39 is 4.92 Å². The zero-order chi connectivity index (χ0) is 28.2. The van der Waals surface area contributed by atoms with E-state index in [1.54, 1.807) is 22.8 Å². The quantitative estimate of drug-likeness (QED) is 0.157. The van der Waals surface area contributed by atoms with E-state index in [9.17, 15) is 14.9 Å². The van der Waals surface area contributed by atoms with Crippen molar-refractivity contribution in [2.24, 2.45) is 4.99 Å². The number of benzene rings is 3. The van der Waals surface area contributed by atoms with Crippen molar-refractivity contribution in [1.29, 1.82) is 0 Å². The van der Waals surface area contributed by atoms with Crippen LogP contribution in [0.25, 0.3) is 23.1 Å². The van der Waals surface area contributed by atoms with Crippen molar-refractivity contribution in [2.75, 3.05) is 0 Å². The number of allylic oxidation sites excluding steroid dienone is 1. The minimum absolute atomic E-state index is 0.0888. The van der Waals surface area contributed by atoms with Gasteiger partial charge in [0.25, 0.3) is 11.2 Å². The van der Waals surface area contributed by atoms with Gasteiger partial charge in [0, 0.05) is 33.8 Å². The Morgan fingerprint density at radius 1 is 1.05 bits per heavy atom. The van der Waals surface area contributed by atoms with Crippen LogP contribution in [0.2, 0.25) is 5.02 Å². The highest BCUT2D eigenvalue weighted by atomic mass is 79.9. The number of aryl methyl sites for hydroxylation is 1. The van der Waals surface area contributed by atoms with Crippen LogP contribution in [-0.2, 0) is 6.42 Å². The first-order chi connectivity index (χ1) is 19.9. The third-order valence-corrected chi connectivity index (χ3v) is 9.23. The normalized spacial score (nSPS) is 16.1. The molecule has 1 atom stereocenters. The van der Waals surface area contributed by atoms with E-state index in [1.807, 2.05) is 36.4 Å². The molecular weight excluding hydrogens is 626 g/mol. The van der Waals surface area contributed by atoms with Gasteiger partial charge in [0.2, 0.25) is 0 Å². The number of hydrogen-bond donors (Lipinski definition) is 0. The summed E-state index contributed by atoms with van der Waals surface area (Å²) in [5, 5.41) is 11.6. The molecule has 0 spiro atoms. The number of thiazole rings is 1. The molecule has 0 saturated carbocycles. The molecule has 0 fully saturated rings. The van der Waals surface area contributed by atoms with E-state index in [0.29, 0.717) is 31.4 Å². The molecule has 3 aromatic carbocycles. The molecule has 1 aliphatic heterocycles. The molecule has 7 rings (SSSR count). The van der Waals surface area contributed by atoms with Crippen LogP contribution in [0.4, 0.5) is 5.69 Å². The fourth-order valence-corrected chi connectivity index (χ4v) is 6.94. The maximum atomic E-state index is 14.0. The number of hydrogen-bond acceptors (Lipinski definition) is 6. The Hall–Kier alpha value is -4.05. The molecule has 0 saturated heterocycles. The Balaban J connectivity index is 1.38. The molecule has 0 N–H and O–H groups in total. The average molecular weight is 645 g/mol. The van der Waals surface area contributed by atoms with E-state index >= 15 is 0 Å². The standard InChI is InChI=1S/C31H19BrClN3O4S/c32-19-8-5-18(6-9-19)29-23-12-7-17-3-1-2-4-22(17)28(23)34-31-35(29)30(37)27(41-31)16-21-11-14-26(40-21)24-15-20(36(38)39)10-13-25(24)33/h1-6,8-11,13-16,29H,7,12H2/b27-16-/t29-/m1/s1. The largest absolute Gasteiger partial charge is 0.457 e. The second kappa shape index (κ2) is 10.1. The summed E-state index contributed by atoms with van der Waals surface area (Å²) in [5.74, 6) is 0.805. The van der Waals surface area contributed by atoms with Gasteiger partial charge in [-0.2, -0.15) is 0 Å². The number of nitrogens with zero attached hydrogens (tertiary/aromatic N) is 3. The predicted molar refractivity (Wildman–Crippen MR) is 163 cm³/mol. The van der Waals surface area contributed by atoms with Crippen LogP contribution in [0.15, 0.2) is 103 Å². The summed E-state index contributed by atoms with van der Waals surface area (Å²) >= 11 is 11.2. The van der Waals surface area contributed by atoms with Crippen molar-refractivity contribution >= 4 is 56.3 Å². The number of fused-ring (bicyclic) bond motifs is 3. The summed E-state index contributed by atoms with van der Waals surface area (Å²) in [4.78, 5) is 30.4. The van der Waals surface area contributed by atoms with Gasteiger partial charge in [-0.1, -0.05) is 75.3 Å². The second-order valence-electron chi connectivity index (χ2n) is 9.79. The van der Waals surface area contributed by atoms with E-state index in [1.165, 1.54) is 35.1 Å². The van der Waals surface area contributed by atoms with Gasteiger partial charge in [-0.25, -0.2) is 4.99 Å². The molecule has 3 heterocycles. The van der Waals surface area contributed by atoms with Crippen molar-refractivity contribution < 1.29 is 9.34 Å². The molecule has 0 amide bonds. The molecule has 7 nitrogen and oxygen atoms in total. The van der Waals surface area contributed by atoms with Crippen molar-refractivity contribution in [3.8, 4) is 11.3 Å². The number of furan rings is 1. The maximum absolute atomic E-state index is 14.0. The van der Waals surface area contributed by atoms with E-state index in [4.69, 9.17) is 21.0 Å². The Labute approximate surface area is 250 Å². The molecule has 10 heteroatoms. The van der Waals surface area contributed by atoms with Gasteiger partial charge in [-0.05, 0) is 59.9 Å². The molecule has 5 aromatic rings. The monoisotopic (exact) mass is 643 g/mol.